The molecule has 5 heteroatoms. The summed E-state index contributed by atoms with van der Waals surface area (Å²) in [7, 11) is 0. The molecule has 1 aliphatic heterocycles. The molecular formula is C15H22N2O3. The van der Waals surface area contributed by atoms with Gasteiger partial charge in [-0.25, -0.2) is 0 Å². The standard InChI is InChI=1S/C15H22N2O3/c1-5-13(14-9(2)17-20-11(14)4)16-15(18)12-7-6-8-19-10(12)3/h13H,5-8H2,1-4H3,(H,16,18). The monoisotopic (exact) mass is 278 g/mol. The Morgan fingerprint density at radius 3 is 2.70 bits per heavy atom. The van der Waals surface area contributed by atoms with Crippen molar-refractivity contribution in [2.45, 2.75) is 53.0 Å². The van der Waals surface area contributed by atoms with E-state index >= 15 is 0 Å². The van der Waals surface area contributed by atoms with E-state index in [-0.39, 0.29) is 11.9 Å². The van der Waals surface area contributed by atoms with Crippen molar-refractivity contribution in [1.29, 1.82) is 0 Å². The third kappa shape index (κ3) is 2.86. The maximum absolute atomic E-state index is 12.4. The first kappa shape index (κ1) is 14.6. The number of hydrogen-bond acceptors (Lipinski definition) is 4. The van der Waals surface area contributed by atoms with Crippen molar-refractivity contribution < 1.29 is 14.1 Å². The number of hydrogen-bond donors (Lipinski definition) is 1. The molecule has 110 valence electrons. The van der Waals surface area contributed by atoms with E-state index in [1.54, 1.807) is 0 Å². The second-order valence-electron chi connectivity index (χ2n) is 5.16. The predicted octanol–water partition coefficient (Wildman–Crippen LogP) is 2.94. The molecule has 1 N–H and O–H groups in total. The summed E-state index contributed by atoms with van der Waals surface area (Å²) in [6, 6.07) is -0.0732. The van der Waals surface area contributed by atoms with Crippen LogP contribution < -0.4 is 5.32 Å². The molecule has 5 nitrogen and oxygen atoms in total. The first-order chi connectivity index (χ1) is 9.54. The molecule has 20 heavy (non-hydrogen) atoms. The first-order valence-electron chi connectivity index (χ1n) is 7.10. The molecule has 2 rings (SSSR count). The van der Waals surface area contributed by atoms with Gasteiger partial charge in [-0.2, -0.15) is 0 Å². The molecule has 0 bridgehead atoms. The molecule has 1 aromatic rings. The number of nitrogens with one attached hydrogen (secondary N) is 1. The van der Waals surface area contributed by atoms with Gasteiger partial charge in [-0.1, -0.05) is 12.1 Å². The Labute approximate surface area is 119 Å². The molecule has 0 spiro atoms. The number of aryl methyl sites for hydroxylation is 2. The molecule has 0 aliphatic carbocycles. The Bertz CT molecular complexity index is 512. The Balaban J connectivity index is 2.17. The highest BCUT2D eigenvalue weighted by Crippen LogP contribution is 2.26. The van der Waals surface area contributed by atoms with Crippen molar-refractivity contribution in [2.75, 3.05) is 6.61 Å². The normalized spacial score (nSPS) is 16.8. The average molecular weight is 278 g/mol. The van der Waals surface area contributed by atoms with Gasteiger partial charge in [0.15, 0.2) is 0 Å². The summed E-state index contributed by atoms with van der Waals surface area (Å²) in [4.78, 5) is 12.4. The van der Waals surface area contributed by atoms with Crippen LogP contribution in [0.1, 0.15) is 56.2 Å². The number of allylic oxidation sites excluding steroid dienone is 1. The Kier molecular flexibility index (Phi) is 4.47. The van der Waals surface area contributed by atoms with Gasteiger partial charge in [0.05, 0.1) is 23.9 Å². The van der Waals surface area contributed by atoms with Crippen LogP contribution >= 0.6 is 0 Å². The summed E-state index contributed by atoms with van der Waals surface area (Å²) < 4.78 is 10.6. The van der Waals surface area contributed by atoms with Crippen molar-refractivity contribution in [1.82, 2.24) is 10.5 Å². The van der Waals surface area contributed by atoms with Crippen molar-refractivity contribution >= 4 is 5.91 Å². The summed E-state index contributed by atoms with van der Waals surface area (Å²) in [5.74, 6) is 1.46. The Hall–Kier alpha value is -1.78. The maximum atomic E-state index is 12.4. The van der Waals surface area contributed by atoms with Gasteiger partial charge in [-0.15, -0.1) is 0 Å². The molecule has 0 saturated carbocycles. The molecule has 1 aliphatic rings. The highest BCUT2D eigenvalue weighted by molar-refractivity contribution is 5.94. The number of amides is 1. The zero-order valence-corrected chi connectivity index (χ0v) is 12.6. The number of ether oxygens (including phenoxy) is 1. The minimum atomic E-state index is -0.0732. The molecule has 1 unspecified atom stereocenters. The van der Waals surface area contributed by atoms with E-state index in [4.69, 9.17) is 9.26 Å². The van der Waals surface area contributed by atoms with Crippen LogP contribution in [0.3, 0.4) is 0 Å². The summed E-state index contributed by atoms with van der Waals surface area (Å²) in [6.07, 6.45) is 2.46. The van der Waals surface area contributed by atoms with Crippen LogP contribution in [0.5, 0.6) is 0 Å². The van der Waals surface area contributed by atoms with Crippen molar-refractivity contribution in [2.24, 2.45) is 0 Å². The quantitative estimate of drug-likeness (QED) is 0.919. The van der Waals surface area contributed by atoms with Gasteiger partial charge in [-0.05, 0) is 40.0 Å². The van der Waals surface area contributed by atoms with E-state index in [1.165, 1.54) is 0 Å². The lowest BCUT2D eigenvalue weighted by atomic mass is 10.0. The van der Waals surface area contributed by atoms with E-state index in [9.17, 15) is 4.79 Å². The Morgan fingerprint density at radius 2 is 2.15 bits per heavy atom. The van der Waals surface area contributed by atoms with Crippen molar-refractivity contribution in [3.8, 4) is 0 Å². The van der Waals surface area contributed by atoms with Gasteiger partial charge in [0.2, 0.25) is 0 Å². The highest BCUT2D eigenvalue weighted by atomic mass is 16.5. The van der Waals surface area contributed by atoms with E-state index in [0.717, 1.165) is 47.6 Å². The zero-order valence-electron chi connectivity index (χ0n) is 12.6. The Morgan fingerprint density at radius 1 is 1.40 bits per heavy atom. The molecule has 2 heterocycles. The largest absolute Gasteiger partial charge is 0.498 e. The maximum Gasteiger partial charge on any atom is 0.251 e. The molecule has 1 aromatic heterocycles. The van der Waals surface area contributed by atoms with Crippen LogP contribution in [-0.2, 0) is 9.53 Å². The van der Waals surface area contributed by atoms with Gasteiger partial charge in [0.25, 0.3) is 5.91 Å². The number of aromatic nitrogens is 1. The molecule has 0 radical (unpaired) electrons. The topological polar surface area (TPSA) is 64.4 Å². The smallest absolute Gasteiger partial charge is 0.251 e. The minimum absolute atomic E-state index is 0.0472. The zero-order chi connectivity index (χ0) is 14.7. The lowest BCUT2D eigenvalue weighted by Crippen LogP contribution is -2.31. The number of carbonyl (C=O) groups excluding carboxylic acids is 1. The number of rotatable bonds is 4. The van der Waals surface area contributed by atoms with Crippen LogP contribution in [0.2, 0.25) is 0 Å². The first-order valence-corrected chi connectivity index (χ1v) is 7.10. The highest BCUT2D eigenvalue weighted by Gasteiger charge is 2.24. The SMILES string of the molecule is CCC(NC(=O)C1=C(C)OCCC1)c1c(C)noc1C. The summed E-state index contributed by atoms with van der Waals surface area (Å²) >= 11 is 0. The average Bonchev–Trinajstić information content (AvgIpc) is 2.76. The van der Waals surface area contributed by atoms with Crippen LogP contribution in [0.15, 0.2) is 15.9 Å². The van der Waals surface area contributed by atoms with Crippen LogP contribution in [0.25, 0.3) is 0 Å². The van der Waals surface area contributed by atoms with Gasteiger partial charge >= 0.3 is 0 Å². The van der Waals surface area contributed by atoms with Gasteiger partial charge < -0.3 is 14.6 Å². The number of carbonyl (C=O) groups is 1. The summed E-state index contributed by atoms with van der Waals surface area (Å²) in [6.45, 7) is 8.36. The van der Waals surface area contributed by atoms with Crippen LogP contribution in [-0.4, -0.2) is 17.7 Å². The lowest BCUT2D eigenvalue weighted by molar-refractivity contribution is -0.118. The fourth-order valence-electron chi connectivity index (χ4n) is 2.62. The van der Waals surface area contributed by atoms with Gasteiger partial charge in [-0.3, -0.25) is 4.79 Å². The fraction of sp³-hybridized carbons (Fsp3) is 0.600. The van der Waals surface area contributed by atoms with Crippen molar-refractivity contribution in [3.63, 3.8) is 0 Å². The molecular weight excluding hydrogens is 256 g/mol. The lowest BCUT2D eigenvalue weighted by Gasteiger charge is -2.22. The fourth-order valence-corrected chi connectivity index (χ4v) is 2.62. The van der Waals surface area contributed by atoms with E-state index in [1.807, 2.05) is 27.7 Å². The summed E-state index contributed by atoms with van der Waals surface area (Å²) in [5.41, 5.74) is 2.57. The van der Waals surface area contributed by atoms with Crippen molar-refractivity contribution in [3.05, 3.63) is 28.3 Å². The van der Waals surface area contributed by atoms with E-state index in [2.05, 4.69) is 10.5 Å². The molecule has 0 aromatic carbocycles. The van der Waals surface area contributed by atoms with E-state index in [0.29, 0.717) is 6.61 Å². The van der Waals surface area contributed by atoms with Crippen LogP contribution in [0.4, 0.5) is 0 Å². The third-order valence-electron chi connectivity index (χ3n) is 3.74. The van der Waals surface area contributed by atoms with Crippen LogP contribution in [0, 0.1) is 13.8 Å². The molecule has 0 fully saturated rings. The summed E-state index contributed by atoms with van der Waals surface area (Å²) in [5, 5.41) is 7.03. The molecule has 1 atom stereocenters. The minimum Gasteiger partial charge on any atom is -0.498 e. The second-order valence-corrected chi connectivity index (χ2v) is 5.16. The van der Waals surface area contributed by atoms with E-state index < -0.39 is 0 Å². The third-order valence-corrected chi connectivity index (χ3v) is 3.74. The number of nitrogens with zero attached hydrogens (tertiary/aromatic N) is 1. The predicted molar refractivity (Wildman–Crippen MR) is 75.0 cm³/mol. The second kappa shape index (κ2) is 6.11. The molecule has 0 saturated heterocycles. The van der Waals surface area contributed by atoms with Gasteiger partial charge in [0, 0.05) is 5.56 Å². The van der Waals surface area contributed by atoms with Gasteiger partial charge in [0.1, 0.15) is 11.5 Å². The molecule has 1 amide bonds.